The highest BCUT2D eigenvalue weighted by Gasteiger charge is 2.22. The minimum Gasteiger partial charge on any atom is -0.368 e. The number of rotatable bonds is 4. The summed E-state index contributed by atoms with van der Waals surface area (Å²) in [6.07, 6.45) is 4.13. The second kappa shape index (κ2) is 6.52. The zero-order valence-electron chi connectivity index (χ0n) is 11.5. The Kier molecular flexibility index (Phi) is 4.99. The van der Waals surface area contributed by atoms with Crippen LogP contribution in [0, 0.1) is 0 Å². The van der Waals surface area contributed by atoms with Gasteiger partial charge in [0.15, 0.2) is 0 Å². The van der Waals surface area contributed by atoms with E-state index in [-0.39, 0.29) is 5.56 Å². The van der Waals surface area contributed by atoms with Gasteiger partial charge in [-0.2, -0.15) is 5.10 Å². The van der Waals surface area contributed by atoms with Crippen molar-refractivity contribution in [2.45, 2.75) is 39.3 Å². The van der Waals surface area contributed by atoms with E-state index in [0.29, 0.717) is 17.1 Å². The Bertz CT molecular complexity index is 486. The van der Waals surface area contributed by atoms with Gasteiger partial charge < -0.3 is 10.2 Å². The Morgan fingerprint density at radius 2 is 2.32 bits per heavy atom. The van der Waals surface area contributed by atoms with Crippen molar-refractivity contribution in [1.82, 2.24) is 15.1 Å². The number of halogens is 1. The molecule has 5 nitrogen and oxygen atoms in total. The third-order valence-electron chi connectivity index (χ3n) is 3.52. The third-order valence-corrected chi connectivity index (χ3v) is 4.27. The number of hydrogen-bond donors (Lipinski definition) is 1. The molecule has 1 aromatic heterocycles. The van der Waals surface area contributed by atoms with Crippen molar-refractivity contribution in [3.05, 3.63) is 21.0 Å². The fraction of sp³-hybridized carbons (Fsp3) is 0.692. The Balaban J connectivity index is 2.22. The average Bonchev–Trinajstić information content (AvgIpc) is 2.42. The molecule has 0 amide bonds. The molecule has 0 bridgehead atoms. The molecule has 2 heterocycles. The summed E-state index contributed by atoms with van der Waals surface area (Å²) in [5, 5.41) is 7.70. The van der Waals surface area contributed by atoms with Gasteiger partial charge in [-0.1, -0.05) is 6.92 Å². The lowest BCUT2D eigenvalue weighted by atomic mass is 10.1. The first-order valence-electron chi connectivity index (χ1n) is 6.91. The number of nitrogens with one attached hydrogen (secondary N) is 1. The topological polar surface area (TPSA) is 50.2 Å². The molecule has 1 aliphatic rings. The highest BCUT2D eigenvalue weighted by molar-refractivity contribution is 9.10. The number of nitrogens with zero attached hydrogens (tertiary/aromatic N) is 3. The number of anilines is 1. The molecule has 0 aromatic carbocycles. The van der Waals surface area contributed by atoms with Crippen LogP contribution in [0.1, 0.15) is 26.7 Å². The lowest BCUT2D eigenvalue weighted by Gasteiger charge is -2.35. The van der Waals surface area contributed by atoms with Crippen molar-refractivity contribution in [2.24, 2.45) is 0 Å². The lowest BCUT2D eigenvalue weighted by molar-refractivity contribution is 0.430. The largest absolute Gasteiger partial charge is 0.368 e. The SMILES string of the molecule is CCNC1CCCN(c2cnn(CC)c(=O)c2Br)C1. The van der Waals surface area contributed by atoms with Gasteiger partial charge in [0.05, 0.1) is 11.9 Å². The fourth-order valence-electron chi connectivity index (χ4n) is 2.55. The molecule has 6 heteroatoms. The maximum Gasteiger partial charge on any atom is 0.283 e. The Hall–Kier alpha value is -0.880. The van der Waals surface area contributed by atoms with Gasteiger partial charge in [-0.25, -0.2) is 4.68 Å². The predicted octanol–water partition coefficient (Wildman–Crippen LogP) is 1.60. The van der Waals surface area contributed by atoms with Crippen LogP contribution in [0.15, 0.2) is 15.5 Å². The minimum atomic E-state index is -0.0504. The molecule has 1 aliphatic heterocycles. The van der Waals surface area contributed by atoms with Gasteiger partial charge in [-0.05, 0) is 42.2 Å². The van der Waals surface area contributed by atoms with Crippen LogP contribution in [-0.4, -0.2) is 35.5 Å². The Morgan fingerprint density at radius 1 is 1.53 bits per heavy atom. The molecule has 0 radical (unpaired) electrons. The summed E-state index contributed by atoms with van der Waals surface area (Å²) in [6, 6.07) is 0.499. The molecule has 1 aromatic rings. The second-order valence-electron chi connectivity index (χ2n) is 4.81. The molecule has 19 heavy (non-hydrogen) atoms. The van der Waals surface area contributed by atoms with Crippen LogP contribution in [0.5, 0.6) is 0 Å². The van der Waals surface area contributed by atoms with Crippen LogP contribution < -0.4 is 15.8 Å². The minimum absolute atomic E-state index is 0.0504. The van der Waals surface area contributed by atoms with Gasteiger partial charge >= 0.3 is 0 Å². The Labute approximate surface area is 122 Å². The summed E-state index contributed by atoms with van der Waals surface area (Å²) in [5.74, 6) is 0. The Morgan fingerprint density at radius 3 is 3.00 bits per heavy atom. The normalized spacial score (nSPS) is 19.7. The molecule has 1 fully saturated rings. The zero-order valence-corrected chi connectivity index (χ0v) is 13.1. The van der Waals surface area contributed by atoms with E-state index in [2.05, 4.69) is 38.2 Å². The van der Waals surface area contributed by atoms with Gasteiger partial charge in [-0.3, -0.25) is 4.79 Å². The van der Waals surface area contributed by atoms with E-state index in [1.165, 1.54) is 11.1 Å². The van der Waals surface area contributed by atoms with Crippen molar-refractivity contribution in [2.75, 3.05) is 24.5 Å². The summed E-state index contributed by atoms with van der Waals surface area (Å²) < 4.78 is 2.10. The van der Waals surface area contributed by atoms with E-state index in [1.807, 2.05) is 6.92 Å². The van der Waals surface area contributed by atoms with E-state index < -0.39 is 0 Å². The van der Waals surface area contributed by atoms with Crippen LogP contribution in [0.25, 0.3) is 0 Å². The number of piperidine rings is 1. The lowest BCUT2D eigenvalue weighted by Crippen LogP contribution is -2.46. The van der Waals surface area contributed by atoms with E-state index in [4.69, 9.17) is 0 Å². The van der Waals surface area contributed by atoms with Gasteiger partial charge in [0, 0.05) is 25.7 Å². The predicted molar refractivity (Wildman–Crippen MR) is 80.8 cm³/mol. The number of aromatic nitrogens is 2. The number of hydrogen-bond acceptors (Lipinski definition) is 4. The van der Waals surface area contributed by atoms with E-state index in [1.54, 1.807) is 6.20 Å². The number of aryl methyl sites for hydroxylation is 1. The average molecular weight is 329 g/mol. The summed E-state index contributed by atoms with van der Waals surface area (Å²) in [5.41, 5.74) is 0.864. The van der Waals surface area contributed by atoms with Crippen molar-refractivity contribution in [1.29, 1.82) is 0 Å². The molecule has 0 spiro atoms. The van der Waals surface area contributed by atoms with E-state index >= 15 is 0 Å². The molecule has 1 saturated heterocycles. The standard InChI is InChI=1S/C13H21BrN4O/c1-3-15-10-6-5-7-17(9-10)11-8-16-18(4-2)13(19)12(11)14/h8,10,15H,3-7,9H2,1-2H3. The smallest absolute Gasteiger partial charge is 0.283 e. The van der Waals surface area contributed by atoms with Crippen molar-refractivity contribution in [3.63, 3.8) is 0 Å². The zero-order chi connectivity index (χ0) is 13.8. The first kappa shape index (κ1) is 14.5. The summed E-state index contributed by atoms with van der Waals surface area (Å²) >= 11 is 3.43. The first-order chi connectivity index (χ1) is 9.17. The molecule has 106 valence electrons. The van der Waals surface area contributed by atoms with Gasteiger partial charge in [0.1, 0.15) is 4.47 Å². The summed E-state index contributed by atoms with van der Waals surface area (Å²) in [7, 11) is 0. The highest BCUT2D eigenvalue weighted by Crippen LogP contribution is 2.24. The summed E-state index contributed by atoms with van der Waals surface area (Å²) in [4.78, 5) is 14.3. The van der Waals surface area contributed by atoms with E-state index in [0.717, 1.165) is 31.7 Å². The van der Waals surface area contributed by atoms with E-state index in [9.17, 15) is 4.79 Å². The molecule has 0 saturated carbocycles. The molecule has 1 unspecified atom stereocenters. The van der Waals surface area contributed by atoms with Crippen molar-refractivity contribution in [3.8, 4) is 0 Å². The van der Waals surface area contributed by atoms with Crippen LogP contribution in [-0.2, 0) is 6.54 Å². The molecule has 0 aliphatic carbocycles. The number of likely N-dealkylation sites (N-methyl/N-ethyl adjacent to an activating group) is 1. The molecular formula is C13H21BrN4O. The van der Waals surface area contributed by atoms with Crippen LogP contribution >= 0.6 is 15.9 Å². The van der Waals surface area contributed by atoms with Gasteiger partial charge in [-0.15, -0.1) is 0 Å². The first-order valence-corrected chi connectivity index (χ1v) is 7.70. The van der Waals surface area contributed by atoms with Crippen LogP contribution in [0.4, 0.5) is 5.69 Å². The quantitative estimate of drug-likeness (QED) is 0.912. The van der Waals surface area contributed by atoms with Gasteiger partial charge in [0.2, 0.25) is 0 Å². The monoisotopic (exact) mass is 328 g/mol. The van der Waals surface area contributed by atoms with Crippen LogP contribution in [0.3, 0.4) is 0 Å². The second-order valence-corrected chi connectivity index (χ2v) is 5.60. The maximum absolute atomic E-state index is 12.1. The molecular weight excluding hydrogens is 308 g/mol. The fourth-order valence-corrected chi connectivity index (χ4v) is 3.11. The van der Waals surface area contributed by atoms with Crippen molar-refractivity contribution < 1.29 is 0 Å². The maximum atomic E-state index is 12.1. The van der Waals surface area contributed by atoms with Gasteiger partial charge in [0.25, 0.3) is 5.56 Å². The van der Waals surface area contributed by atoms with Crippen molar-refractivity contribution >= 4 is 21.6 Å². The molecule has 1 atom stereocenters. The highest BCUT2D eigenvalue weighted by atomic mass is 79.9. The summed E-state index contributed by atoms with van der Waals surface area (Å²) in [6.45, 7) is 7.54. The third kappa shape index (κ3) is 3.17. The van der Waals surface area contributed by atoms with Crippen LogP contribution in [0.2, 0.25) is 0 Å². The molecule has 1 N–H and O–H groups in total. The molecule has 2 rings (SSSR count).